The van der Waals surface area contributed by atoms with E-state index in [1.807, 2.05) is 54.6 Å². The van der Waals surface area contributed by atoms with Gasteiger partial charge in [-0.1, -0.05) is 42.0 Å². The molecule has 0 saturated carbocycles. The minimum Gasteiger partial charge on any atom is -0.475 e. The maximum Gasteiger partial charge on any atom is 0.490 e. The molecule has 2 aromatic carbocycles. The van der Waals surface area contributed by atoms with Crippen molar-refractivity contribution >= 4 is 28.7 Å². The van der Waals surface area contributed by atoms with Gasteiger partial charge in [-0.15, -0.1) is 0 Å². The fourth-order valence-corrected chi connectivity index (χ4v) is 2.10. The first-order chi connectivity index (χ1) is 12.2. The topological polar surface area (TPSA) is 76.5 Å². The second kappa shape index (κ2) is 7.77. The lowest BCUT2D eigenvalue weighted by Crippen LogP contribution is -2.21. The molecule has 136 valence electrons. The monoisotopic (exact) mass is 363 g/mol. The van der Waals surface area contributed by atoms with Crippen LogP contribution < -0.4 is 5.73 Å². The van der Waals surface area contributed by atoms with E-state index in [4.69, 9.17) is 20.1 Å². The Labute approximate surface area is 147 Å². The molecule has 0 radical (unpaired) electrons. The van der Waals surface area contributed by atoms with Crippen molar-refractivity contribution in [1.82, 2.24) is 0 Å². The molecule has 0 saturated heterocycles. The number of nitrogens with two attached hydrogens (primary N) is 1. The van der Waals surface area contributed by atoms with Crippen molar-refractivity contribution in [1.29, 1.82) is 0 Å². The normalized spacial score (nSPS) is 11.8. The first-order valence-corrected chi connectivity index (χ1v) is 7.50. The fraction of sp³-hybridized carbons (Fsp3) is 0.105. The number of alkyl halides is 3. The molecule has 0 spiro atoms. The average molecular weight is 363 g/mol. The highest BCUT2D eigenvalue weighted by Gasteiger charge is 2.38. The van der Waals surface area contributed by atoms with E-state index in [-0.39, 0.29) is 0 Å². The second-order valence-corrected chi connectivity index (χ2v) is 5.47. The highest BCUT2D eigenvalue weighted by Crippen LogP contribution is 2.24. The lowest BCUT2D eigenvalue weighted by Gasteiger charge is -1.97. The van der Waals surface area contributed by atoms with E-state index in [0.29, 0.717) is 11.5 Å². The van der Waals surface area contributed by atoms with Gasteiger partial charge in [-0.05, 0) is 36.8 Å². The van der Waals surface area contributed by atoms with Crippen LogP contribution in [0.1, 0.15) is 16.9 Å². The Hall–Kier alpha value is -3.22. The molecule has 1 aromatic heterocycles. The molecule has 0 aliphatic heterocycles. The average Bonchev–Trinajstić information content (AvgIpc) is 2.98. The summed E-state index contributed by atoms with van der Waals surface area (Å²) in [6.45, 7) is 2.06. The third-order valence-electron chi connectivity index (χ3n) is 3.32. The molecular weight excluding hydrogens is 347 g/mol. The lowest BCUT2D eigenvalue weighted by atomic mass is 10.1. The molecule has 3 rings (SSSR count). The summed E-state index contributed by atoms with van der Waals surface area (Å²) in [4.78, 5) is 8.90. The van der Waals surface area contributed by atoms with Crippen LogP contribution in [0.3, 0.4) is 0 Å². The van der Waals surface area contributed by atoms with E-state index in [1.165, 1.54) is 5.56 Å². The van der Waals surface area contributed by atoms with Crippen molar-refractivity contribution in [2.45, 2.75) is 13.1 Å². The van der Waals surface area contributed by atoms with Crippen LogP contribution in [0.25, 0.3) is 22.7 Å². The number of aliphatic carboxylic acids is 1. The molecule has 0 amide bonds. The van der Waals surface area contributed by atoms with Crippen molar-refractivity contribution in [3.63, 3.8) is 0 Å². The Balaban J connectivity index is 0.000000298. The van der Waals surface area contributed by atoms with Gasteiger partial charge in [0, 0.05) is 5.39 Å². The van der Waals surface area contributed by atoms with Gasteiger partial charge < -0.3 is 15.3 Å². The van der Waals surface area contributed by atoms with Gasteiger partial charge in [0.05, 0.1) is 5.70 Å². The molecule has 1 heterocycles. The van der Waals surface area contributed by atoms with E-state index in [1.54, 1.807) is 0 Å². The standard InChI is InChI=1S/C17H15NO.C2HF3O2/c1-12-7-8-16-14(9-12)11-17(19-16)15(18)10-13-5-3-2-4-6-13;3-2(4,5)1(6)7/h2-11H,18H2,1H3;(H,6,7)/b15-10-;. The van der Waals surface area contributed by atoms with Gasteiger partial charge in [-0.2, -0.15) is 13.2 Å². The molecule has 0 aliphatic carbocycles. The van der Waals surface area contributed by atoms with Crippen LogP contribution in [0.15, 0.2) is 59.0 Å². The summed E-state index contributed by atoms with van der Waals surface area (Å²) >= 11 is 0. The zero-order chi connectivity index (χ0) is 19.3. The van der Waals surface area contributed by atoms with Crippen LogP contribution in [0.2, 0.25) is 0 Å². The van der Waals surface area contributed by atoms with Gasteiger partial charge in [0.25, 0.3) is 0 Å². The Bertz CT molecular complexity index is 928. The molecule has 0 atom stereocenters. The summed E-state index contributed by atoms with van der Waals surface area (Å²) in [6, 6.07) is 18.1. The SMILES string of the molecule is Cc1ccc2oc(/C(N)=C/c3ccccc3)cc2c1.O=C(O)C(F)(F)F. The van der Waals surface area contributed by atoms with Gasteiger partial charge in [0.1, 0.15) is 5.58 Å². The quantitative estimate of drug-likeness (QED) is 0.684. The molecular formula is C19H16F3NO3. The first kappa shape index (κ1) is 19.1. The van der Waals surface area contributed by atoms with Crippen LogP contribution in [0, 0.1) is 6.92 Å². The van der Waals surface area contributed by atoms with E-state index < -0.39 is 12.1 Å². The van der Waals surface area contributed by atoms with Crippen molar-refractivity contribution in [3.8, 4) is 0 Å². The zero-order valence-electron chi connectivity index (χ0n) is 13.7. The molecule has 3 N–H and O–H groups in total. The summed E-state index contributed by atoms with van der Waals surface area (Å²) in [5.41, 5.74) is 9.88. The van der Waals surface area contributed by atoms with Gasteiger partial charge in [0.2, 0.25) is 0 Å². The number of hydrogen-bond donors (Lipinski definition) is 2. The minimum absolute atomic E-state index is 0.639. The van der Waals surface area contributed by atoms with Gasteiger partial charge in [-0.3, -0.25) is 0 Å². The molecule has 7 heteroatoms. The number of carboxylic acid groups (broad SMARTS) is 1. The van der Waals surface area contributed by atoms with E-state index in [0.717, 1.165) is 16.5 Å². The van der Waals surface area contributed by atoms with Crippen molar-refractivity contribution in [2.75, 3.05) is 0 Å². The Morgan fingerprint density at radius 3 is 2.31 bits per heavy atom. The van der Waals surface area contributed by atoms with Crippen LogP contribution in [0.4, 0.5) is 13.2 Å². The Morgan fingerprint density at radius 2 is 1.73 bits per heavy atom. The molecule has 0 aliphatic rings. The highest BCUT2D eigenvalue weighted by atomic mass is 19.4. The molecule has 26 heavy (non-hydrogen) atoms. The van der Waals surface area contributed by atoms with E-state index >= 15 is 0 Å². The third-order valence-corrected chi connectivity index (χ3v) is 3.32. The van der Waals surface area contributed by atoms with Crippen molar-refractivity contribution < 1.29 is 27.5 Å². The largest absolute Gasteiger partial charge is 0.490 e. The van der Waals surface area contributed by atoms with Crippen LogP contribution in [-0.4, -0.2) is 17.3 Å². The van der Waals surface area contributed by atoms with Crippen LogP contribution in [0.5, 0.6) is 0 Å². The number of aryl methyl sites for hydroxylation is 1. The number of hydrogen-bond acceptors (Lipinski definition) is 3. The smallest absolute Gasteiger partial charge is 0.475 e. The molecule has 0 unspecified atom stereocenters. The summed E-state index contributed by atoms with van der Waals surface area (Å²) < 4.78 is 37.5. The maximum atomic E-state index is 10.6. The summed E-state index contributed by atoms with van der Waals surface area (Å²) in [5, 5.41) is 8.21. The maximum absolute atomic E-state index is 10.6. The number of furan rings is 1. The number of fused-ring (bicyclic) bond motifs is 1. The number of halogens is 3. The minimum atomic E-state index is -5.08. The van der Waals surface area contributed by atoms with Gasteiger partial charge in [0.15, 0.2) is 5.76 Å². The number of carbonyl (C=O) groups is 1. The summed E-state index contributed by atoms with van der Waals surface area (Å²) in [7, 11) is 0. The summed E-state index contributed by atoms with van der Waals surface area (Å²) in [5.74, 6) is -2.04. The predicted octanol–water partition coefficient (Wildman–Crippen LogP) is 4.83. The Morgan fingerprint density at radius 1 is 1.12 bits per heavy atom. The second-order valence-electron chi connectivity index (χ2n) is 5.47. The van der Waals surface area contributed by atoms with Crippen molar-refractivity contribution in [3.05, 3.63) is 71.5 Å². The number of rotatable bonds is 2. The molecule has 0 fully saturated rings. The Kier molecular flexibility index (Phi) is 5.71. The fourth-order valence-electron chi connectivity index (χ4n) is 2.10. The van der Waals surface area contributed by atoms with Gasteiger partial charge in [-0.25, -0.2) is 4.79 Å². The van der Waals surface area contributed by atoms with E-state index in [2.05, 4.69) is 13.0 Å². The first-order valence-electron chi connectivity index (χ1n) is 7.50. The number of benzene rings is 2. The molecule has 4 nitrogen and oxygen atoms in total. The molecule has 3 aromatic rings. The summed E-state index contributed by atoms with van der Waals surface area (Å²) in [6.07, 6.45) is -3.16. The van der Waals surface area contributed by atoms with E-state index in [9.17, 15) is 13.2 Å². The zero-order valence-corrected chi connectivity index (χ0v) is 13.7. The van der Waals surface area contributed by atoms with Crippen LogP contribution in [-0.2, 0) is 4.79 Å². The van der Waals surface area contributed by atoms with Crippen molar-refractivity contribution in [2.24, 2.45) is 5.73 Å². The molecule has 0 bridgehead atoms. The number of carboxylic acids is 1. The predicted molar refractivity (Wildman–Crippen MR) is 93.1 cm³/mol. The third kappa shape index (κ3) is 5.14. The van der Waals surface area contributed by atoms with Gasteiger partial charge >= 0.3 is 12.1 Å². The van der Waals surface area contributed by atoms with Crippen LogP contribution >= 0.6 is 0 Å². The lowest BCUT2D eigenvalue weighted by molar-refractivity contribution is -0.192. The highest BCUT2D eigenvalue weighted by molar-refractivity contribution is 5.85.